The first-order valence-electron chi connectivity index (χ1n) is 6.27. The summed E-state index contributed by atoms with van der Waals surface area (Å²) in [6.07, 6.45) is 5.40. The van der Waals surface area contributed by atoms with Gasteiger partial charge in [0.25, 0.3) is 0 Å². The average molecular weight is 250 g/mol. The lowest BCUT2D eigenvalue weighted by atomic mass is 10.1. The molecule has 0 saturated carbocycles. The molecule has 1 aromatic rings. The van der Waals surface area contributed by atoms with Crippen molar-refractivity contribution in [3.8, 4) is 0 Å². The van der Waals surface area contributed by atoms with E-state index in [1.165, 1.54) is 0 Å². The van der Waals surface area contributed by atoms with Gasteiger partial charge in [-0.3, -0.25) is 14.9 Å². The summed E-state index contributed by atoms with van der Waals surface area (Å²) in [5.74, 6) is -0.428. The maximum absolute atomic E-state index is 11.8. The number of amides is 2. The van der Waals surface area contributed by atoms with Crippen molar-refractivity contribution < 1.29 is 9.59 Å². The summed E-state index contributed by atoms with van der Waals surface area (Å²) in [4.78, 5) is 27.0. The van der Waals surface area contributed by atoms with Gasteiger partial charge in [-0.15, -0.1) is 0 Å². The molecule has 18 heavy (non-hydrogen) atoms. The van der Waals surface area contributed by atoms with Crippen LogP contribution < -0.4 is 10.6 Å². The van der Waals surface area contributed by atoms with Gasteiger partial charge in [0, 0.05) is 19.2 Å². The molecule has 1 aliphatic rings. The lowest BCUT2D eigenvalue weighted by Crippen LogP contribution is -2.42. The Morgan fingerprint density at radius 2 is 2.39 bits per heavy atom. The van der Waals surface area contributed by atoms with Crippen LogP contribution in [0.25, 0.3) is 0 Å². The minimum atomic E-state index is -0.316. The molecule has 1 saturated heterocycles. The van der Waals surface area contributed by atoms with Gasteiger partial charge in [0.1, 0.15) is 6.04 Å². The predicted molar refractivity (Wildman–Crippen MR) is 65.6 cm³/mol. The summed E-state index contributed by atoms with van der Waals surface area (Å²) in [7, 11) is 0. The molecule has 2 heterocycles. The van der Waals surface area contributed by atoms with E-state index in [1.807, 2.05) is 4.57 Å². The Bertz CT molecular complexity index is 441. The van der Waals surface area contributed by atoms with Gasteiger partial charge in [-0.05, 0) is 19.4 Å². The number of hydrogen-bond acceptors (Lipinski definition) is 4. The molecule has 1 unspecified atom stereocenters. The molecule has 1 atom stereocenters. The van der Waals surface area contributed by atoms with Crippen molar-refractivity contribution in [1.82, 2.24) is 20.2 Å². The topological polar surface area (TPSA) is 76.0 Å². The van der Waals surface area contributed by atoms with Crippen molar-refractivity contribution in [3.05, 3.63) is 18.2 Å². The van der Waals surface area contributed by atoms with Gasteiger partial charge in [-0.25, -0.2) is 4.98 Å². The summed E-state index contributed by atoms with van der Waals surface area (Å²) in [5, 5.41) is 5.65. The van der Waals surface area contributed by atoms with Gasteiger partial charge in [0.15, 0.2) is 0 Å². The van der Waals surface area contributed by atoms with Crippen LogP contribution in [0.5, 0.6) is 0 Å². The predicted octanol–water partition coefficient (Wildman–Crippen LogP) is 0.360. The zero-order valence-electron chi connectivity index (χ0n) is 10.5. The molecular formula is C12H18N4O2. The number of nitrogens with zero attached hydrogens (tertiary/aromatic N) is 2. The van der Waals surface area contributed by atoms with Crippen molar-refractivity contribution in [2.75, 3.05) is 6.54 Å². The summed E-state index contributed by atoms with van der Waals surface area (Å²) < 4.78 is 1.85. The highest BCUT2D eigenvalue weighted by molar-refractivity contribution is 5.99. The first-order valence-corrected chi connectivity index (χ1v) is 6.27. The Hall–Kier alpha value is -1.69. The van der Waals surface area contributed by atoms with Crippen LogP contribution in [0.4, 0.5) is 0 Å². The number of imide groups is 1. The van der Waals surface area contributed by atoms with Crippen molar-refractivity contribution >= 4 is 11.8 Å². The van der Waals surface area contributed by atoms with E-state index in [9.17, 15) is 9.59 Å². The molecule has 0 aromatic carbocycles. The zero-order chi connectivity index (χ0) is 13.0. The van der Waals surface area contributed by atoms with E-state index >= 15 is 0 Å². The highest BCUT2D eigenvalue weighted by atomic mass is 16.2. The van der Waals surface area contributed by atoms with Crippen LogP contribution in [0.15, 0.2) is 12.5 Å². The molecule has 2 rings (SSSR count). The van der Waals surface area contributed by atoms with E-state index in [1.54, 1.807) is 12.5 Å². The Morgan fingerprint density at radius 3 is 3.11 bits per heavy atom. The SMILES string of the molecule is CCCNCc1cncn1C1CCC(=O)NC1=O. The summed E-state index contributed by atoms with van der Waals surface area (Å²) in [6, 6.07) is -0.316. The van der Waals surface area contributed by atoms with Gasteiger partial charge < -0.3 is 9.88 Å². The zero-order valence-corrected chi connectivity index (χ0v) is 10.5. The number of carbonyl (C=O) groups excluding carboxylic acids is 2. The monoisotopic (exact) mass is 250 g/mol. The molecule has 6 heteroatoms. The van der Waals surface area contributed by atoms with Crippen LogP contribution in [0.2, 0.25) is 0 Å². The van der Waals surface area contributed by atoms with Crippen molar-refractivity contribution in [2.24, 2.45) is 0 Å². The fraction of sp³-hybridized carbons (Fsp3) is 0.583. The molecule has 98 valence electrons. The van der Waals surface area contributed by atoms with E-state index in [-0.39, 0.29) is 17.9 Å². The Balaban J connectivity index is 2.06. The quantitative estimate of drug-likeness (QED) is 0.584. The molecule has 1 aliphatic heterocycles. The minimum absolute atomic E-state index is 0.193. The summed E-state index contributed by atoms with van der Waals surface area (Å²) in [5.41, 5.74) is 0.970. The van der Waals surface area contributed by atoms with Crippen LogP contribution in [0.3, 0.4) is 0 Å². The van der Waals surface area contributed by atoms with Gasteiger partial charge >= 0.3 is 0 Å². The van der Waals surface area contributed by atoms with Gasteiger partial charge in [-0.2, -0.15) is 0 Å². The second-order valence-electron chi connectivity index (χ2n) is 4.44. The van der Waals surface area contributed by atoms with Crippen molar-refractivity contribution in [3.63, 3.8) is 0 Å². The highest BCUT2D eigenvalue weighted by Gasteiger charge is 2.28. The second-order valence-corrected chi connectivity index (χ2v) is 4.44. The van der Waals surface area contributed by atoms with Gasteiger partial charge in [0.05, 0.1) is 12.0 Å². The smallest absolute Gasteiger partial charge is 0.249 e. The number of piperidine rings is 1. The van der Waals surface area contributed by atoms with E-state index in [0.717, 1.165) is 18.7 Å². The number of carbonyl (C=O) groups is 2. The lowest BCUT2D eigenvalue weighted by Gasteiger charge is -2.23. The van der Waals surface area contributed by atoms with Crippen LogP contribution in [0.1, 0.15) is 37.9 Å². The molecule has 0 radical (unpaired) electrons. The first-order chi connectivity index (χ1) is 8.72. The normalized spacial score (nSPS) is 19.9. The van der Waals surface area contributed by atoms with Gasteiger partial charge in [-0.1, -0.05) is 6.92 Å². The maximum atomic E-state index is 11.8. The fourth-order valence-corrected chi connectivity index (χ4v) is 2.09. The second kappa shape index (κ2) is 5.77. The largest absolute Gasteiger partial charge is 0.321 e. The molecule has 1 aromatic heterocycles. The number of imidazole rings is 1. The Labute approximate surface area is 106 Å². The summed E-state index contributed by atoms with van der Waals surface area (Å²) in [6.45, 7) is 3.72. The van der Waals surface area contributed by atoms with Crippen LogP contribution in [0, 0.1) is 0 Å². The van der Waals surface area contributed by atoms with E-state index in [4.69, 9.17) is 0 Å². The minimum Gasteiger partial charge on any atom is -0.321 e. The van der Waals surface area contributed by atoms with Crippen LogP contribution in [-0.2, 0) is 16.1 Å². The molecular weight excluding hydrogens is 232 g/mol. The highest BCUT2D eigenvalue weighted by Crippen LogP contribution is 2.20. The van der Waals surface area contributed by atoms with Crippen LogP contribution in [-0.4, -0.2) is 27.9 Å². The molecule has 0 spiro atoms. The van der Waals surface area contributed by atoms with E-state index in [2.05, 4.69) is 22.5 Å². The average Bonchev–Trinajstić information content (AvgIpc) is 2.78. The molecule has 1 fully saturated rings. The van der Waals surface area contributed by atoms with Crippen LogP contribution >= 0.6 is 0 Å². The van der Waals surface area contributed by atoms with E-state index < -0.39 is 0 Å². The number of hydrogen-bond donors (Lipinski definition) is 2. The van der Waals surface area contributed by atoms with Crippen molar-refractivity contribution in [1.29, 1.82) is 0 Å². The fourth-order valence-electron chi connectivity index (χ4n) is 2.09. The molecule has 2 N–H and O–H groups in total. The van der Waals surface area contributed by atoms with E-state index in [0.29, 0.717) is 19.4 Å². The number of nitrogens with one attached hydrogen (secondary N) is 2. The first kappa shape index (κ1) is 12.8. The third kappa shape index (κ3) is 2.76. The Morgan fingerprint density at radius 1 is 1.56 bits per heavy atom. The molecule has 2 amide bonds. The molecule has 0 bridgehead atoms. The number of aromatic nitrogens is 2. The Kier molecular flexibility index (Phi) is 4.09. The maximum Gasteiger partial charge on any atom is 0.249 e. The number of rotatable bonds is 5. The van der Waals surface area contributed by atoms with Gasteiger partial charge in [0.2, 0.25) is 11.8 Å². The third-order valence-corrected chi connectivity index (χ3v) is 3.03. The lowest BCUT2D eigenvalue weighted by molar-refractivity contribution is -0.135. The van der Waals surface area contributed by atoms with Crippen molar-refractivity contribution in [2.45, 2.75) is 38.8 Å². The third-order valence-electron chi connectivity index (χ3n) is 3.03. The molecule has 0 aliphatic carbocycles. The molecule has 6 nitrogen and oxygen atoms in total. The summed E-state index contributed by atoms with van der Waals surface area (Å²) >= 11 is 0. The standard InChI is InChI=1S/C12H18N4O2/c1-2-5-13-6-9-7-14-8-16(9)10-3-4-11(17)15-12(10)18/h7-8,10,13H,2-6H2,1H3,(H,15,17,18).